The molecule has 1 N–H and O–H groups in total. The first-order valence-corrected chi connectivity index (χ1v) is 10.3. The topological polar surface area (TPSA) is 75.7 Å². The fourth-order valence-corrected chi connectivity index (χ4v) is 4.35. The summed E-state index contributed by atoms with van der Waals surface area (Å²) < 4.78 is 33.0. The third kappa shape index (κ3) is 4.14. The zero-order valence-electron chi connectivity index (χ0n) is 15.8. The van der Waals surface area contributed by atoms with Gasteiger partial charge in [0.05, 0.1) is 4.90 Å². The van der Waals surface area contributed by atoms with Gasteiger partial charge in [0, 0.05) is 25.0 Å². The first kappa shape index (κ1) is 19.4. The maximum atomic E-state index is 12.7. The lowest BCUT2D eigenvalue weighted by Crippen LogP contribution is -2.37. The summed E-state index contributed by atoms with van der Waals surface area (Å²) in [6.07, 6.45) is 1.63. The number of sulfonamides is 1. The van der Waals surface area contributed by atoms with E-state index in [9.17, 15) is 13.2 Å². The van der Waals surface area contributed by atoms with Gasteiger partial charge in [-0.25, -0.2) is 8.42 Å². The lowest BCUT2D eigenvalue weighted by molar-refractivity contribution is -0.122. The molecule has 0 saturated heterocycles. The normalized spacial score (nSPS) is 14.0. The zero-order valence-corrected chi connectivity index (χ0v) is 16.6. The number of carbonyl (C=O) groups is 1. The number of carbonyl (C=O) groups excluding carboxylic acids is 1. The second-order valence-corrected chi connectivity index (χ2v) is 8.46. The molecule has 3 rings (SSSR count). The highest BCUT2D eigenvalue weighted by Gasteiger charge is 2.23. The van der Waals surface area contributed by atoms with Gasteiger partial charge in [0.25, 0.3) is 15.9 Å². The third-order valence-electron chi connectivity index (χ3n) is 4.81. The lowest BCUT2D eigenvalue weighted by atomic mass is 10.0. The minimum absolute atomic E-state index is 0.0284. The van der Waals surface area contributed by atoms with Crippen molar-refractivity contribution >= 4 is 27.3 Å². The first-order chi connectivity index (χ1) is 12.8. The average Bonchev–Trinajstić information content (AvgIpc) is 2.63. The lowest BCUT2D eigenvalue weighted by Gasteiger charge is -2.29. The fourth-order valence-electron chi connectivity index (χ4n) is 3.22. The molecule has 144 valence electrons. The number of anilines is 2. The molecule has 2 aromatic rings. The van der Waals surface area contributed by atoms with Crippen molar-refractivity contribution in [3.05, 3.63) is 53.1 Å². The highest BCUT2D eigenvalue weighted by Crippen LogP contribution is 2.30. The van der Waals surface area contributed by atoms with E-state index >= 15 is 0 Å². The summed E-state index contributed by atoms with van der Waals surface area (Å²) in [6.45, 7) is 4.50. The number of amides is 1. The number of hydrogen-bond acceptors (Lipinski definition) is 4. The number of aryl methyl sites for hydroxylation is 3. The number of ether oxygens (including phenoxy) is 1. The first-order valence-electron chi connectivity index (χ1n) is 8.84. The highest BCUT2D eigenvalue weighted by molar-refractivity contribution is 7.92. The standard InChI is InChI=1S/C20H24N2O4S/c1-14-6-8-18(11-15(14)2)27(24,25)21-17-7-9-19-16(12-17)5-4-10-22(19)20(23)13-26-3/h6-9,11-12,21H,4-5,10,13H2,1-3H3. The van der Waals surface area contributed by atoms with Gasteiger partial charge in [-0.2, -0.15) is 0 Å². The van der Waals surface area contributed by atoms with Crippen LogP contribution in [-0.2, 0) is 26.0 Å². The zero-order chi connectivity index (χ0) is 19.6. The van der Waals surface area contributed by atoms with E-state index in [1.807, 2.05) is 13.8 Å². The van der Waals surface area contributed by atoms with Crippen LogP contribution >= 0.6 is 0 Å². The van der Waals surface area contributed by atoms with Crippen LogP contribution in [0.4, 0.5) is 11.4 Å². The summed E-state index contributed by atoms with van der Waals surface area (Å²) in [5, 5.41) is 0. The summed E-state index contributed by atoms with van der Waals surface area (Å²) in [4.78, 5) is 14.1. The van der Waals surface area contributed by atoms with Gasteiger partial charge in [-0.05, 0) is 73.7 Å². The van der Waals surface area contributed by atoms with E-state index in [2.05, 4.69) is 4.72 Å². The number of benzene rings is 2. The Morgan fingerprint density at radius 1 is 1.15 bits per heavy atom. The minimum atomic E-state index is -3.67. The van der Waals surface area contributed by atoms with Crippen LogP contribution in [0.2, 0.25) is 0 Å². The van der Waals surface area contributed by atoms with Crippen molar-refractivity contribution in [3.8, 4) is 0 Å². The van der Waals surface area contributed by atoms with Crippen LogP contribution in [0, 0.1) is 13.8 Å². The molecule has 0 fully saturated rings. The van der Waals surface area contributed by atoms with Gasteiger partial charge in [0.2, 0.25) is 0 Å². The number of fused-ring (bicyclic) bond motifs is 1. The molecule has 0 aromatic heterocycles. The molecular formula is C20H24N2O4S. The van der Waals surface area contributed by atoms with Gasteiger partial charge in [-0.1, -0.05) is 6.07 Å². The van der Waals surface area contributed by atoms with Crippen molar-refractivity contribution in [2.45, 2.75) is 31.6 Å². The smallest absolute Gasteiger partial charge is 0.261 e. The Morgan fingerprint density at radius 2 is 1.93 bits per heavy atom. The average molecular weight is 388 g/mol. The Morgan fingerprint density at radius 3 is 2.63 bits per heavy atom. The number of nitrogens with one attached hydrogen (secondary N) is 1. The Kier molecular flexibility index (Phi) is 5.53. The summed E-state index contributed by atoms with van der Waals surface area (Å²) in [6, 6.07) is 10.4. The maximum absolute atomic E-state index is 12.7. The largest absolute Gasteiger partial charge is 0.375 e. The van der Waals surface area contributed by atoms with E-state index in [0.29, 0.717) is 12.2 Å². The van der Waals surface area contributed by atoms with Gasteiger partial charge in [-0.15, -0.1) is 0 Å². The SMILES string of the molecule is COCC(=O)N1CCCc2cc(NS(=O)(=O)c3ccc(C)c(C)c3)ccc21. The Balaban J connectivity index is 1.86. The molecule has 1 amide bonds. The number of methoxy groups -OCH3 is 1. The molecule has 0 aliphatic carbocycles. The van der Waals surface area contributed by atoms with Gasteiger partial charge >= 0.3 is 0 Å². The van der Waals surface area contributed by atoms with Crippen molar-refractivity contribution in [2.75, 3.05) is 29.9 Å². The van der Waals surface area contributed by atoms with Crippen molar-refractivity contribution in [1.29, 1.82) is 0 Å². The predicted molar refractivity (Wildman–Crippen MR) is 106 cm³/mol. The molecule has 27 heavy (non-hydrogen) atoms. The number of rotatable bonds is 5. The molecule has 0 atom stereocenters. The van der Waals surface area contributed by atoms with E-state index in [1.54, 1.807) is 41.3 Å². The molecule has 7 heteroatoms. The minimum Gasteiger partial charge on any atom is -0.375 e. The molecule has 0 saturated carbocycles. The molecule has 1 aliphatic rings. The molecule has 0 unspecified atom stereocenters. The van der Waals surface area contributed by atoms with E-state index in [0.717, 1.165) is 35.2 Å². The van der Waals surface area contributed by atoms with Gasteiger partial charge in [0.1, 0.15) is 6.61 Å². The Bertz CT molecular complexity index is 970. The van der Waals surface area contributed by atoms with Crippen LogP contribution in [0.15, 0.2) is 41.3 Å². The fraction of sp³-hybridized carbons (Fsp3) is 0.350. The summed E-state index contributed by atoms with van der Waals surface area (Å²) in [5.74, 6) is -0.0955. The van der Waals surface area contributed by atoms with E-state index in [1.165, 1.54) is 7.11 Å². The Hall–Kier alpha value is -2.38. The van der Waals surface area contributed by atoms with Crippen LogP contribution in [0.1, 0.15) is 23.1 Å². The highest BCUT2D eigenvalue weighted by atomic mass is 32.2. The van der Waals surface area contributed by atoms with Crippen LogP contribution in [-0.4, -0.2) is 34.6 Å². The molecule has 2 aromatic carbocycles. The molecular weight excluding hydrogens is 364 g/mol. The Labute approximate surface area is 160 Å². The second-order valence-electron chi connectivity index (χ2n) is 6.78. The van der Waals surface area contributed by atoms with E-state index < -0.39 is 10.0 Å². The maximum Gasteiger partial charge on any atom is 0.261 e. The molecule has 1 heterocycles. The number of hydrogen-bond donors (Lipinski definition) is 1. The molecule has 0 bridgehead atoms. The summed E-state index contributed by atoms with van der Waals surface area (Å²) >= 11 is 0. The van der Waals surface area contributed by atoms with Crippen LogP contribution in [0.3, 0.4) is 0 Å². The molecule has 6 nitrogen and oxygen atoms in total. The summed E-state index contributed by atoms with van der Waals surface area (Å²) in [5.41, 5.74) is 4.23. The quantitative estimate of drug-likeness (QED) is 0.854. The van der Waals surface area contributed by atoms with Gasteiger partial charge < -0.3 is 9.64 Å². The van der Waals surface area contributed by atoms with Crippen LogP contribution in [0.25, 0.3) is 0 Å². The molecule has 1 aliphatic heterocycles. The predicted octanol–water partition coefficient (Wildman–Crippen LogP) is 3.03. The van der Waals surface area contributed by atoms with Crippen LogP contribution in [0.5, 0.6) is 0 Å². The molecule has 0 radical (unpaired) electrons. The van der Waals surface area contributed by atoms with Crippen LogP contribution < -0.4 is 9.62 Å². The van der Waals surface area contributed by atoms with E-state index in [-0.39, 0.29) is 17.4 Å². The van der Waals surface area contributed by atoms with Gasteiger partial charge in [0.15, 0.2) is 0 Å². The monoisotopic (exact) mass is 388 g/mol. The van der Waals surface area contributed by atoms with Crippen molar-refractivity contribution in [3.63, 3.8) is 0 Å². The van der Waals surface area contributed by atoms with E-state index in [4.69, 9.17) is 4.74 Å². The van der Waals surface area contributed by atoms with Crippen molar-refractivity contribution in [2.24, 2.45) is 0 Å². The van der Waals surface area contributed by atoms with Crippen molar-refractivity contribution in [1.82, 2.24) is 0 Å². The molecule has 0 spiro atoms. The number of nitrogens with zero attached hydrogens (tertiary/aromatic N) is 1. The third-order valence-corrected chi connectivity index (χ3v) is 6.19. The summed E-state index contributed by atoms with van der Waals surface area (Å²) in [7, 11) is -2.17. The second kappa shape index (κ2) is 7.70. The van der Waals surface area contributed by atoms with Crippen molar-refractivity contribution < 1.29 is 17.9 Å². The van der Waals surface area contributed by atoms with Gasteiger partial charge in [-0.3, -0.25) is 9.52 Å².